The number of halogens is 1. The normalized spacial score (nSPS) is 12.7. The maximum atomic E-state index is 12.5. The summed E-state index contributed by atoms with van der Waals surface area (Å²) in [6.07, 6.45) is 3.09. The van der Waals surface area contributed by atoms with Crippen molar-refractivity contribution in [3.63, 3.8) is 0 Å². The van der Waals surface area contributed by atoms with E-state index in [1.807, 2.05) is 12.1 Å². The zero-order chi connectivity index (χ0) is 21.2. The Morgan fingerprint density at radius 3 is 2.23 bits per heavy atom. The van der Waals surface area contributed by atoms with Gasteiger partial charge in [0.25, 0.3) is 5.91 Å². The quantitative estimate of drug-likeness (QED) is 0.434. The van der Waals surface area contributed by atoms with Crippen LogP contribution in [0.1, 0.15) is 36.8 Å². The lowest BCUT2D eigenvalue weighted by Gasteiger charge is -2.26. The van der Waals surface area contributed by atoms with Gasteiger partial charge in [-0.3, -0.25) is 4.79 Å². The minimum Gasteiger partial charge on any atom is -0.484 e. The minimum atomic E-state index is -0.124. The summed E-state index contributed by atoms with van der Waals surface area (Å²) in [4.78, 5) is 12.5. The first kappa shape index (κ1) is 21.9. The number of nitrogens with one attached hydrogen (secondary N) is 1. The summed E-state index contributed by atoms with van der Waals surface area (Å²) in [5.74, 6) is 0.750. The minimum absolute atomic E-state index is 0.00416. The molecule has 0 bridgehead atoms. The molecule has 3 aromatic rings. The number of amides is 1. The Morgan fingerprint density at radius 2 is 1.57 bits per heavy atom. The fourth-order valence-electron chi connectivity index (χ4n) is 3.65. The summed E-state index contributed by atoms with van der Waals surface area (Å²) in [6.45, 7) is 2.05. The number of rotatable bonds is 10. The van der Waals surface area contributed by atoms with Crippen molar-refractivity contribution < 1.29 is 9.53 Å². The van der Waals surface area contributed by atoms with Crippen molar-refractivity contribution in [1.82, 2.24) is 5.32 Å². The Labute approximate surface area is 184 Å². The van der Waals surface area contributed by atoms with E-state index in [2.05, 4.69) is 60.8 Å². The van der Waals surface area contributed by atoms with Gasteiger partial charge in [0.2, 0.25) is 0 Å². The second-order valence-electron chi connectivity index (χ2n) is 7.49. The average molecular weight is 422 g/mol. The molecular formula is C26H28ClNO2. The molecule has 3 rings (SSSR count). The highest BCUT2D eigenvalue weighted by molar-refractivity contribution is 6.30. The van der Waals surface area contributed by atoms with Gasteiger partial charge in [-0.05, 0) is 61.6 Å². The summed E-state index contributed by atoms with van der Waals surface area (Å²) in [5, 5.41) is 3.76. The van der Waals surface area contributed by atoms with E-state index in [0.29, 0.717) is 10.8 Å². The molecule has 3 nitrogen and oxygen atoms in total. The zero-order valence-corrected chi connectivity index (χ0v) is 18.0. The molecule has 0 heterocycles. The predicted octanol–water partition coefficient (Wildman–Crippen LogP) is 6.03. The fraction of sp³-hybridized carbons (Fsp3) is 0.269. The number of ether oxygens (including phenoxy) is 1. The van der Waals surface area contributed by atoms with Crippen LogP contribution in [0.25, 0.3) is 0 Å². The number of carbonyl (C=O) groups excluding carboxylic acids is 1. The van der Waals surface area contributed by atoms with Crippen LogP contribution in [0.3, 0.4) is 0 Å². The van der Waals surface area contributed by atoms with E-state index in [4.69, 9.17) is 16.3 Å². The van der Waals surface area contributed by atoms with Crippen molar-refractivity contribution >= 4 is 17.5 Å². The van der Waals surface area contributed by atoms with Gasteiger partial charge >= 0.3 is 0 Å². The molecule has 0 aromatic heterocycles. The molecule has 1 amide bonds. The second kappa shape index (κ2) is 11.4. The van der Waals surface area contributed by atoms with Gasteiger partial charge in [0, 0.05) is 17.0 Å². The molecular weight excluding hydrogens is 394 g/mol. The van der Waals surface area contributed by atoms with E-state index in [9.17, 15) is 4.79 Å². The summed E-state index contributed by atoms with van der Waals surface area (Å²) < 4.78 is 5.58. The van der Waals surface area contributed by atoms with Crippen molar-refractivity contribution in [3.05, 3.63) is 101 Å². The third-order valence-electron chi connectivity index (χ3n) is 5.23. The molecule has 156 valence electrons. The van der Waals surface area contributed by atoms with Crippen LogP contribution in [0.15, 0.2) is 84.9 Å². The fourth-order valence-corrected chi connectivity index (χ4v) is 3.78. The smallest absolute Gasteiger partial charge is 0.258 e. The van der Waals surface area contributed by atoms with E-state index < -0.39 is 0 Å². The highest BCUT2D eigenvalue weighted by Gasteiger charge is 2.21. The average Bonchev–Trinajstić information content (AvgIpc) is 2.77. The Morgan fingerprint density at radius 1 is 0.933 bits per heavy atom. The summed E-state index contributed by atoms with van der Waals surface area (Å²) >= 11 is 5.88. The van der Waals surface area contributed by atoms with Gasteiger partial charge in [0.1, 0.15) is 5.75 Å². The highest BCUT2D eigenvalue weighted by Crippen LogP contribution is 2.26. The van der Waals surface area contributed by atoms with Crippen molar-refractivity contribution in [2.75, 3.05) is 6.61 Å². The first-order chi connectivity index (χ1) is 14.6. The first-order valence-electron chi connectivity index (χ1n) is 10.4. The van der Waals surface area contributed by atoms with Crippen LogP contribution in [-0.2, 0) is 11.2 Å². The zero-order valence-electron chi connectivity index (χ0n) is 17.3. The van der Waals surface area contributed by atoms with E-state index in [-0.39, 0.29) is 24.5 Å². The van der Waals surface area contributed by atoms with Crippen molar-refractivity contribution in [2.24, 2.45) is 0 Å². The highest BCUT2D eigenvalue weighted by atomic mass is 35.5. The standard InChI is InChI=1S/C26H28ClNO2/c1-20(28-26(29)19-30-24-17-15-23(27)16-18-24)25(22-12-6-3-7-13-22)14-8-11-21-9-4-2-5-10-21/h2-7,9-10,12-13,15-18,20,25H,8,11,14,19H2,1H3,(H,28,29). The number of hydrogen-bond acceptors (Lipinski definition) is 2. The van der Waals surface area contributed by atoms with Gasteiger partial charge in [0.05, 0.1) is 0 Å². The molecule has 30 heavy (non-hydrogen) atoms. The molecule has 0 aliphatic rings. The number of benzene rings is 3. The van der Waals surface area contributed by atoms with Crippen LogP contribution >= 0.6 is 11.6 Å². The van der Waals surface area contributed by atoms with E-state index >= 15 is 0 Å². The van der Waals surface area contributed by atoms with Crippen LogP contribution in [0.5, 0.6) is 5.75 Å². The second-order valence-corrected chi connectivity index (χ2v) is 7.93. The molecule has 4 heteroatoms. The lowest BCUT2D eigenvalue weighted by molar-refractivity contribution is -0.123. The van der Waals surface area contributed by atoms with Gasteiger partial charge < -0.3 is 10.1 Å². The molecule has 0 fully saturated rings. The third kappa shape index (κ3) is 6.93. The molecule has 2 unspecified atom stereocenters. The first-order valence-corrected chi connectivity index (χ1v) is 10.8. The van der Waals surface area contributed by atoms with Gasteiger partial charge in [0.15, 0.2) is 6.61 Å². The predicted molar refractivity (Wildman–Crippen MR) is 123 cm³/mol. The van der Waals surface area contributed by atoms with Crippen molar-refractivity contribution in [3.8, 4) is 5.75 Å². The van der Waals surface area contributed by atoms with Gasteiger partial charge in [-0.15, -0.1) is 0 Å². The molecule has 0 aliphatic heterocycles. The monoisotopic (exact) mass is 421 g/mol. The van der Waals surface area contributed by atoms with Gasteiger partial charge in [-0.2, -0.15) is 0 Å². The third-order valence-corrected chi connectivity index (χ3v) is 5.48. The lowest BCUT2D eigenvalue weighted by Crippen LogP contribution is -2.39. The van der Waals surface area contributed by atoms with Crippen LogP contribution in [0, 0.1) is 0 Å². The molecule has 0 aliphatic carbocycles. The SMILES string of the molecule is CC(NC(=O)COc1ccc(Cl)cc1)C(CCCc1ccccc1)c1ccccc1. The Balaban J connectivity index is 1.56. The number of aryl methyl sites for hydroxylation is 1. The summed E-state index contributed by atoms with van der Waals surface area (Å²) in [7, 11) is 0. The summed E-state index contributed by atoms with van der Waals surface area (Å²) in [6, 6.07) is 27.9. The lowest BCUT2D eigenvalue weighted by atomic mass is 9.87. The number of hydrogen-bond donors (Lipinski definition) is 1. The molecule has 0 saturated heterocycles. The summed E-state index contributed by atoms with van der Waals surface area (Å²) in [5.41, 5.74) is 2.59. The molecule has 1 N–H and O–H groups in total. The van der Waals surface area contributed by atoms with Gasteiger partial charge in [-0.25, -0.2) is 0 Å². The van der Waals surface area contributed by atoms with Gasteiger partial charge in [-0.1, -0.05) is 72.3 Å². The molecule has 2 atom stereocenters. The Kier molecular flexibility index (Phi) is 8.34. The van der Waals surface area contributed by atoms with E-state index in [0.717, 1.165) is 19.3 Å². The molecule has 0 spiro atoms. The van der Waals surface area contributed by atoms with Crippen molar-refractivity contribution in [2.45, 2.75) is 38.1 Å². The van der Waals surface area contributed by atoms with Crippen LogP contribution in [0.4, 0.5) is 0 Å². The van der Waals surface area contributed by atoms with Crippen LogP contribution in [0.2, 0.25) is 5.02 Å². The van der Waals surface area contributed by atoms with E-state index in [1.165, 1.54) is 11.1 Å². The Bertz CT molecular complexity index is 897. The van der Waals surface area contributed by atoms with E-state index in [1.54, 1.807) is 24.3 Å². The molecule has 0 saturated carbocycles. The largest absolute Gasteiger partial charge is 0.484 e. The van der Waals surface area contributed by atoms with Crippen molar-refractivity contribution in [1.29, 1.82) is 0 Å². The molecule has 3 aromatic carbocycles. The maximum Gasteiger partial charge on any atom is 0.258 e. The maximum absolute atomic E-state index is 12.5. The molecule has 0 radical (unpaired) electrons. The number of carbonyl (C=O) groups is 1. The topological polar surface area (TPSA) is 38.3 Å². The van der Waals surface area contributed by atoms with Crippen LogP contribution < -0.4 is 10.1 Å². The Hall–Kier alpha value is -2.78. The van der Waals surface area contributed by atoms with Crippen LogP contribution in [-0.4, -0.2) is 18.6 Å².